The molecule has 0 N–H and O–H groups in total. The maximum atomic E-state index is 3.16. The van der Waals surface area contributed by atoms with Crippen molar-refractivity contribution in [3.05, 3.63) is 24.3 Å². The molecular formula is C15H25NPSi+. The van der Waals surface area contributed by atoms with Crippen molar-refractivity contribution in [1.82, 2.24) is 0 Å². The van der Waals surface area contributed by atoms with Gasteiger partial charge in [0.25, 0.3) is 0 Å². The van der Waals surface area contributed by atoms with Crippen LogP contribution in [0.1, 0.15) is 25.7 Å². The van der Waals surface area contributed by atoms with Crippen LogP contribution in [0.25, 0.3) is 0 Å². The van der Waals surface area contributed by atoms with Gasteiger partial charge in [0.1, 0.15) is 6.04 Å². The van der Waals surface area contributed by atoms with Crippen LogP contribution in [-0.2, 0) is 0 Å². The maximum absolute atomic E-state index is 3.16. The van der Waals surface area contributed by atoms with Gasteiger partial charge in [-0.05, 0) is 45.0 Å². The highest BCUT2D eigenvalue weighted by atomic mass is 31.2. The normalized spacial score (nSPS) is 48.7. The van der Waals surface area contributed by atoms with E-state index in [-0.39, 0.29) is 0 Å². The molecule has 0 saturated carbocycles. The average molecular weight is 278 g/mol. The van der Waals surface area contributed by atoms with Crippen LogP contribution in [-0.4, -0.2) is 35.2 Å². The predicted octanol–water partition coefficient (Wildman–Crippen LogP) is 4.24. The van der Waals surface area contributed by atoms with E-state index >= 15 is 0 Å². The average Bonchev–Trinajstić information content (AvgIpc) is 2.85. The first-order valence-electron chi connectivity index (χ1n) is 7.59. The summed E-state index contributed by atoms with van der Waals surface area (Å²) in [5, 5.41) is 0. The standard InChI is InChI=1S/C15H25NPSi/c1-18(2,3)16-12-4-6-13(7-5-12)17(16)14-8-9-15(17)11-10-14/h4,6,8-9,12-15H,5,7,10-11H2,1-3H3/q+1/t12-,13+,14-,15+,17?/m1/s1. The molecule has 5 aliphatic rings. The second-order valence-electron chi connectivity index (χ2n) is 7.50. The van der Waals surface area contributed by atoms with Crippen LogP contribution in [0.3, 0.4) is 0 Å². The Hall–Kier alpha value is -0.0731. The fraction of sp³-hybridized carbons (Fsp3) is 0.733. The lowest BCUT2D eigenvalue weighted by molar-refractivity contribution is -0.420. The molecule has 0 radical (unpaired) electrons. The smallest absolute Gasteiger partial charge is 0.327 e. The Balaban J connectivity index is 2.03. The minimum absolute atomic E-state index is 0.804. The van der Waals surface area contributed by atoms with Gasteiger partial charge in [-0.25, -0.2) is 0 Å². The van der Waals surface area contributed by atoms with E-state index in [9.17, 15) is 0 Å². The van der Waals surface area contributed by atoms with Crippen LogP contribution < -0.4 is 0 Å². The molecule has 5 rings (SSSR count). The molecule has 1 saturated heterocycles. The summed E-state index contributed by atoms with van der Waals surface area (Å²) in [6, 6.07) is 0.804. The molecule has 18 heavy (non-hydrogen) atoms. The van der Waals surface area contributed by atoms with Gasteiger partial charge in [-0.1, -0.05) is 18.2 Å². The highest BCUT2D eigenvalue weighted by Gasteiger charge is 2.61. The molecule has 1 unspecified atom stereocenters. The fourth-order valence-electron chi connectivity index (χ4n) is 5.31. The second kappa shape index (κ2) is 3.52. The second-order valence-corrected chi connectivity index (χ2v) is 16.7. The van der Waals surface area contributed by atoms with Gasteiger partial charge in [0.2, 0.25) is 0 Å². The third-order valence-electron chi connectivity index (χ3n) is 5.60. The van der Waals surface area contributed by atoms with Crippen molar-refractivity contribution >= 4 is 15.3 Å². The molecular weight excluding hydrogens is 253 g/mol. The summed E-state index contributed by atoms with van der Waals surface area (Å²) in [6.45, 7) is 7.75. The van der Waals surface area contributed by atoms with Crippen molar-refractivity contribution in [3.8, 4) is 0 Å². The summed E-state index contributed by atoms with van der Waals surface area (Å²) in [7, 11) is -2.11. The molecule has 1 fully saturated rings. The quantitative estimate of drug-likeness (QED) is 0.383. The van der Waals surface area contributed by atoms with E-state index in [2.05, 4.69) is 47.9 Å². The number of hydrogen-bond donors (Lipinski definition) is 0. The first-order chi connectivity index (χ1) is 8.54. The Bertz CT molecular complexity index is 493. The molecule has 4 aliphatic heterocycles. The Labute approximate surface area is 112 Å². The molecule has 0 aromatic heterocycles. The van der Waals surface area contributed by atoms with Gasteiger partial charge >= 0.3 is 8.24 Å². The lowest BCUT2D eigenvalue weighted by Crippen LogP contribution is -2.50. The molecule has 1 spiro atoms. The number of nitrogens with zero attached hydrogens (tertiary/aromatic N) is 1. The Morgan fingerprint density at radius 2 is 1.33 bits per heavy atom. The van der Waals surface area contributed by atoms with Crippen LogP contribution in [0, 0.1) is 0 Å². The van der Waals surface area contributed by atoms with Gasteiger partial charge in [0.05, 0.1) is 7.05 Å². The monoisotopic (exact) mass is 278 g/mol. The Morgan fingerprint density at radius 1 is 0.833 bits per heavy atom. The number of rotatable bonds is 1. The molecule has 4 bridgehead atoms. The molecule has 3 heteroatoms. The molecule has 0 aromatic carbocycles. The SMILES string of the molecule is C[Si](C)(C)[N+]1=P2([C@@H]3C=C[C@H]2CC3)[C@H]2C=C[C@@H]1CC2. The summed E-state index contributed by atoms with van der Waals surface area (Å²) in [5.74, 6) is 0. The van der Waals surface area contributed by atoms with E-state index < -0.39 is 15.3 Å². The first-order valence-corrected chi connectivity index (χ1v) is 13.0. The number of hydrogen-bond acceptors (Lipinski definition) is 0. The van der Waals surface area contributed by atoms with Crippen LogP contribution >= 0.6 is 7.05 Å². The molecule has 1 nitrogen and oxygen atoms in total. The zero-order valence-electron chi connectivity index (χ0n) is 11.8. The minimum atomic E-state index is -1.20. The molecule has 0 amide bonds. The highest BCUT2D eigenvalue weighted by molar-refractivity contribution is 7.68. The molecule has 5 atom stereocenters. The summed E-state index contributed by atoms with van der Waals surface area (Å²) < 4.78 is 3.16. The molecule has 98 valence electrons. The van der Waals surface area contributed by atoms with Crippen LogP contribution in [0.4, 0.5) is 0 Å². The minimum Gasteiger partial charge on any atom is -0.327 e. The van der Waals surface area contributed by atoms with Crippen molar-refractivity contribution in [2.75, 3.05) is 0 Å². The van der Waals surface area contributed by atoms with Crippen molar-refractivity contribution < 1.29 is 3.99 Å². The highest BCUT2D eigenvalue weighted by Crippen LogP contribution is 2.76. The van der Waals surface area contributed by atoms with E-state index in [1.54, 1.807) is 0 Å². The summed E-state index contributed by atoms with van der Waals surface area (Å²) in [5.41, 5.74) is 2.88. The van der Waals surface area contributed by atoms with Gasteiger partial charge < -0.3 is 3.99 Å². The van der Waals surface area contributed by atoms with Crippen LogP contribution in [0.15, 0.2) is 24.3 Å². The van der Waals surface area contributed by atoms with Gasteiger partial charge in [-0.2, -0.15) is 0 Å². The number of allylic oxidation sites excluding steroid dienone is 3. The third kappa shape index (κ3) is 1.22. The largest absolute Gasteiger partial charge is 0.344 e. The Morgan fingerprint density at radius 3 is 1.72 bits per heavy atom. The van der Waals surface area contributed by atoms with Crippen LogP contribution in [0.5, 0.6) is 0 Å². The maximum Gasteiger partial charge on any atom is 0.344 e. The lowest BCUT2D eigenvalue weighted by atomic mass is 10.0. The van der Waals surface area contributed by atoms with E-state index in [1.165, 1.54) is 25.7 Å². The van der Waals surface area contributed by atoms with E-state index in [0.29, 0.717) is 0 Å². The molecule has 1 aliphatic carbocycles. The van der Waals surface area contributed by atoms with Gasteiger partial charge in [0, 0.05) is 23.4 Å². The predicted molar refractivity (Wildman–Crippen MR) is 82.4 cm³/mol. The summed E-state index contributed by atoms with van der Waals surface area (Å²) in [4.78, 5) is 0. The van der Waals surface area contributed by atoms with Crippen molar-refractivity contribution in [3.63, 3.8) is 0 Å². The van der Waals surface area contributed by atoms with E-state index in [0.717, 1.165) is 23.0 Å². The number of fused-ring (bicyclic) bond motifs is 1. The van der Waals surface area contributed by atoms with Crippen molar-refractivity contribution in [1.29, 1.82) is 0 Å². The van der Waals surface area contributed by atoms with E-state index in [4.69, 9.17) is 0 Å². The van der Waals surface area contributed by atoms with Crippen LogP contribution in [0.2, 0.25) is 19.6 Å². The molecule has 4 heterocycles. The zero-order valence-corrected chi connectivity index (χ0v) is 13.7. The zero-order chi connectivity index (χ0) is 12.5. The third-order valence-corrected chi connectivity index (χ3v) is 15.7. The Kier molecular flexibility index (Phi) is 2.29. The summed E-state index contributed by atoms with van der Waals surface area (Å²) >= 11 is 0. The first kappa shape index (κ1) is 11.7. The lowest BCUT2D eigenvalue weighted by Gasteiger charge is -2.45. The van der Waals surface area contributed by atoms with Gasteiger partial charge in [-0.15, -0.1) is 0 Å². The summed E-state index contributed by atoms with van der Waals surface area (Å²) in [6.07, 6.45) is 16.3. The fourth-order valence-corrected chi connectivity index (χ4v) is 18.0. The molecule has 0 aromatic rings. The van der Waals surface area contributed by atoms with Crippen molar-refractivity contribution in [2.45, 2.75) is 68.3 Å². The van der Waals surface area contributed by atoms with E-state index in [1.807, 2.05) is 0 Å². The topological polar surface area (TPSA) is 3.01 Å². The van der Waals surface area contributed by atoms with Gasteiger partial charge in [-0.3, -0.25) is 0 Å². The van der Waals surface area contributed by atoms with Crippen molar-refractivity contribution in [2.24, 2.45) is 0 Å². The van der Waals surface area contributed by atoms with Gasteiger partial charge in [0.15, 0.2) is 0 Å².